The summed E-state index contributed by atoms with van der Waals surface area (Å²) >= 11 is 0. The topological polar surface area (TPSA) is 29.5 Å². The number of ether oxygens (including phenoxy) is 1. The summed E-state index contributed by atoms with van der Waals surface area (Å²) in [6, 6.07) is -0.134. The highest BCUT2D eigenvalue weighted by atomic mass is 16.6. The van der Waals surface area contributed by atoms with E-state index in [1.807, 2.05) is 20.8 Å². The highest BCUT2D eigenvalue weighted by Gasteiger charge is 2.40. The molecule has 1 fully saturated rings. The van der Waals surface area contributed by atoms with Crippen molar-refractivity contribution in [2.45, 2.75) is 52.7 Å². The predicted molar refractivity (Wildman–Crippen MR) is 64.0 cm³/mol. The molecule has 0 aromatic heterocycles. The van der Waals surface area contributed by atoms with Crippen molar-refractivity contribution in [2.24, 2.45) is 5.41 Å². The number of hydrogen-bond donors (Lipinski definition) is 0. The number of carbonyl (C=O) groups is 1. The standard InChI is InChI=1S/C13H21NO2/c1-7-10-8-13(5,6)9-14(10)11(15)16-12(2,3)4/h1,10H,8-9H2,2-6H3/t10-/m1/s1. The lowest BCUT2D eigenvalue weighted by Crippen LogP contribution is -2.39. The summed E-state index contributed by atoms with van der Waals surface area (Å²) in [5.41, 5.74) is -0.392. The fourth-order valence-electron chi connectivity index (χ4n) is 1.93. The van der Waals surface area contributed by atoms with Gasteiger partial charge in [0.25, 0.3) is 0 Å². The molecule has 0 saturated carbocycles. The maximum atomic E-state index is 11.9. The van der Waals surface area contributed by atoms with Crippen molar-refractivity contribution in [3.63, 3.8) is 0 Å². The van der Waals surface area contributed by atoms with Gasteiger partial charge in [-0.15, -0.1) is 6.42 Å². The molecule has 0 unspecified atom stereocenters. The van der Waals surface area contributed by atoms with E-state index < -0.39 is 5.60 Å². The van der Waals surface area contributed by atoms with Crippen LogP contribution in [-0.2, 0) is 4.74 Å². The second-order valence-corrected chi connectivity index (χ2v) is 6.16. The quantitative estimate of drug-likeness (QED) is 0.591. The van der Waals surface area contributed by atoms with Gasteiger partial charge in [0.2, 0.25) is 0 Å². The first-order chi connectivity index (χ1) is 7.14. The van der Waals surface area contributed by atoms with E-state index in [9.17, 15) is 4.79 Å². The number of nitrogens with zero attached hydrogens (tertiary/aromatic N) is 1. The predicted octanol–water partition coefficient (Wildman–Crippen LogP) is 2.66. The molecule has 0 radical (unpaired) electrons. The van der Waals surface area contributed by atoms with Gasteiger partial charge in [-0.05, 0) is 32.6 Å². The van der Waals surface area contributed by atoms with E-state index in [4.69, 9.17) is 11.2 Å². The lowest BCUT2D eigenvalue weighted by Gasteiger charge is -2.27. The van der Waals surface area contributed by atoms with E-state index in [2.05, 4.69) is 19.8 Å². The molecule has 1 atom stereocenters. The lowest BCUT2D eigenvalue weighted by atomic mass is 9.91. The molecule has 0 aliphatic carbocycles. The van der Waals surface area contributed by atoms with E-state index in [-0.39, 0.29) is 17.6 Å². The number of likely N-dealkylation sites (tertiary alicyclic amines) is 1. The maximum absolute atomic E-state index is 11.9. The summed E-state index contributed by atoms with van der Waals surface area (Å²) in [5.74, 6) is 2.66. The van der Waals surface area contributed by atoms with Crippen molar-refractivity contribution in [3.05, 3.63) is 0 Å². The molecule has 0 bridgehead atoms. The SMILES string of the molecule is C#C[C@@H]1CC(C)(C)CN1C(=O)OC(C)(C)C. The Morgan fingerprint density at radius 2 is 2.06 bits per heavy atom. The van der Waals surface area contributed by atoms with Gasteiger partial charge in [-0.25, -0.2) is 4.79 Å². The van der Waals surface area contributed by atoms with Crippen LogP contribution < -0.4 is 0 Å². The number of amides is 1. The Balaban J connectivity index is 2.74. The molecule has 1 amide bonds. The Morgan fingerprint density at radius 1 is 1.50 bits per heavy atom. The molecule has 1 aliphatic rings. The van der Waals surface area contributed by atoms with Crippen molar-refractivity contribution in [2.75, 3.05) is 6.54 Å². The van der Waals surface area contributed by atoms with E-state index in [1.54, 1.807) is 4.90 Å². The summed E-state index contributed by atoms with van der Waals surface area (Å²) in [5, 5.41) is 0. The van der Waals surface area contributed by atoms with Gasteiger partial charge in [-0.2, -0.15) is 0 Å². The maximum Gasteiger partial charge on any atom is 0.411 e. The highest BCUT2D eigenvalue weighted by Crippen LogP contribution is 2.34. The molecule has 16 heavy (non-hydrogen) atoms. The monoisotopic (exact) mass is 223 g/mol. The fraction of sp³-hybridized carbons (Fsp3) is 0.769. The second kappa shape index (κ2) is 4.01. The zero-order valence-electron chi connectivity index (χ0n) is 10.8. The minimum Gasteiger partial charge on any atom is -0.444 e. The van der Waals surface area contributed by atoms with Crippen LogP contribution in [0.25, 0.3) is 0 Å². The molecule has 1 heterocycles. The summed E-state index contributed by atoms with van der Waals surface area (Å²) in [4.78, 5) is 13.6. The van der Waals surface area contributed by atoms with Gasteiger partial charge >= 0.3 is 6.09 Å². The van der Waals surface area contributed by atoms with Gasteiger partial charge < -0.3 is 4.74 Å². The van der Waals surface area contributed by atoms with Crippen LogP contribution in [-0.4, -0.2) is 29.2 Å². The Morgan fingerprint density at radius 3 is 2.50 bits per heavy atom. The van der Waals surface area contributed by atoms with Crippen LogP contribution in [0.1, 0.15) is 41.0 Å². The summed E-state index contributed by atoms with van der Waals surface area (Å²) in [7, 11) is 0. The molecule has 90 valence electrons. The normalized spacial score (nSPS) is 24.0. The third-order valence-electron chi connectivity index (χ3n) is 2.54. The van der Waals surface area contributed by atoms with Gasteiger partial charge in [0.1, 0.15) is 5.60 Å². The Bertz CT molecular complexity index is 320. The van der Waals surface area contributed by atoms with E-state index in [0.29, 0.717) is 6.54 Å². The molecule has 1 saturated heterocycles. The number of terminal acetylenes is 1. The smallest absolute Gasteiger partial charge is 0.411 e. The molecule has 0 spiro atoms. The number of rotatable bonds is 0. The average molecular weight is 223 g/mol. The zero-order chi connectivity index (χ0) is 12.6. The van der Waals surface area contributed by atoms with E-state index >= 15 is 0 Å². The summed E-state index contributed by atoms with van der Waals surface area (Å²) < 4.78 is 5.34. The first kappa shape index (κ1) is 12.9. The zero-order valence-corrected chi connectivity index (χ0v) is 10.8. The van der Waals surface area contributed by atoms with Crippen molar-refractivity contribution in [1.29, 1.82) is 0 Å². The van der Waals surface area contributed by atoms with E-state index in [0.717, 1.165) is 6.42 Å². The Labute approximate surface area is 98.1 Å². The lowest BCUT2D eigenvalue weighted by molar-refractivity contribution is 0.0246. The van der Waals surface area contributed by atoms with Crippen molar-refractivity contribution in [3.8, 4) is 12.3 Å². The largest absolute Gasteiger partial charge is 0.444 e. The van der Waals surface area contributed by atoms with Crippen LogP contribution >= 0.6 is 0 Å². The molecular weight excluding hydrogens is 202 g/mol. The summed E-state index contributed by atoms with van der Waals surface area (Å²) in [6.07, 6.45) is 5.98. The first-order valence-corrected chi connectivity index (χ1v) is 5.60. The molecule has 1 aliphatic heterocycles. The van der Waals surface area contributed by atoms with Crippen LogP contribution in [0.5, 0.6) is 0 Å². The van der Waals surface area contributed by atoms with Crippen LogP contribution in [0.2, 0.25) is 0 Å². The third kappa shape index (κ3) is 3.16. The number of hydrogen-bond acceptors (Lipinski definition) is 2. The second-order valence-electron chi connectivity index (χ2n) is 6.16. The number of carbonyl (C=O) groups excluding carboxylic acids is 1. The van der Waals surface area contributed by atoms with E-state index in [1.165, 1.54) is 0 Å². The molecule has 0 aromatic rings. The molecule has 0 aromatic carbocycles. The molecule has 3 nitrogen and oxygen atoms in total. The Hall–Kier alpha value is -1.17. The highest BCUT2D eigenvalue weighted by molar-refractivity contribution is 5.69. The van der Waals surface area contributed by atoms with Crippen LogP contribution in [0.4, 0.5) is 4.79 Å². The molecule has 0 N–H and O–H groups in total. The van der Waals surface area contributed by atoms with Gasteiger partial charge in [0, 0.05) is 6.54 Å². The van der Waals surface area contributed by atoms with Crippen molar-refractivity contribution in [1.82, 2.24) is 4.90 Å². The van der Waals surface area contributed by atoms with Gasteiger partial charge in [0.15, 0.2) is 0 Å². The molecule has 3 heteroatoms. The fourth-order valence-corrected chi connectivity index (χ4v) is 1.93. The Kier molecular flexibility index (Phi) is 3.23. The van der Waals surface area contributed by atoms with Gasteiger partial charge in [0.05, 0.1) is 6.04 Å². The molecule has 1 rings (SSSR count). The van der Waals surface area contributed by atoms with Crippen LogP contribution in [0, 0.1) is 17.8 Å². The van der Waals surface area contributed by atoms with Crippen molar-refractivity contribution < 1.29 is 9.53 Å². The third-order valence-corrected chi connectivity index (χ3v) is 2.54. The van der Waals surface area contributed by atoms with Crippen molar-refractivity contribution >= 4 is 6.09 Å². The minimum atomic E-state index is -0.469. The molecular formula is C13H21NO2. The average Bonchev–Trinajstić information content (AvgIpc) is 2.38. The van der Waals surface area contributed by atoms with Crippen LogP contribution in [0.3, 0.4) is 0 Å². The van der Waals surface area contributed by atoms with Gasteiger partial charge in [-0.3, -0.25) is 4.90 Å². The minimum absolute atomic E-state index is 0.0773. The van der Waals surface area contributed by atoms with Gasteiger partial charge in [-0.1, -0.05) is 19.8 Å². The first-order valence-electron chi connectivity index (χ1n) is 5.60. The van der Waals surface area contributed by atoms with Crippen LogP contribution in [0.15, 0.2) is 0 Å². The summed E-state index contributed by atoms with van der Waals surface area (Å²) in [6.45, 7) is 10.5.